The maximum atomic E-state index is 11.0. The molecule has 0 atom stereocenters. The van der Waals surface area contributed by atoms with Crippen molar-refractivity contribution in [2.24, 2.45) is 0 Å². The third kappa shape index (κ3) is 3.58. The highest BCUT2D eigenvalue weighted by molar-refractivity contribution is 7.14. The van der Waals surface area contributed by atoms with Crippen molar-refractivity contribution in [3.63, 3.8) is 0 Å². The highest BCUT2D eigenvalue weighted by atomic mass is 32.1. The Morgan fingerprint density at radius 1 is 1.35 bits per heavy atom. The molecule has 0 unspecified atom stereocenters. The van der Waals surface area contributed by atoms with Crippen LogP contribution in [0.15, 0.2) is 24.3 Å². The van der Waals surface area contributed by atoms with Crippen LogP contribution < -0.4 is 5.32 Å². The molecule has 1 aromatic carbocycles. The molecule has 0 aliphatic rings. The van der Waals surface area contributed by atoms with E-state index in [4.69, 9.17) is 0 Å². The van der Waals surface area contributed by atoms with E-state index in [0.29, 0.717) is 16.6 Å². The lowest BCUT2D eigenvalue weighted by molar-refractivity contribution is -0.384. The minimum atomic E-state index is -0.392. The van der Waals surface area contributed by atoms with Crippen LogP contribution in [-0.2, 0) is 6.42 Å². The van der Waals surface area contributed by atoms with Crippen molar-refractivity contribution in [3.8, 4) is 10.6 Å². The predicted molar refractivity (Wildman–Crippen MR) is 78.8 cm³/mol. The summed E-state index contributed by atoms with van der Waals surface area (Å²) in [5.74, 6) is 0. The number of nitrogens with one attached hydrogen (secondary N) is 1. The van der Waals surface area contributed by atoms with Gasteiger partial charge in [0.05, 0.1) is 10.5 Å². The fourth-order valence-corrected chi connectivity index (χ4v) is 2.62. The van der Waals surface area contributed by atoms with Gasteiger partial charge < -0.3 is 5.32 Å². The second-order valence-corrected chi connectivity index (χ2v) is 5.70. The molecule has 6 nitrogen and oxygen atoms in total. The SMILES string of the molecule is CC(C)NCCc1nnc(-c2ccccc2[N+](=O)[O-])s1. The lowest BCUT2D eigenvalue weighted by Gasteiger charge is -2.05. The molecule has 20 heavy (non-hydrogen) atoms. The maximum absolute atomic E-state index is 11.0. The van der Waals surface area contributed by atoms with Crippen LogP contribution in [-0.4, -0.2) is 27.7 Å². The summed E-state index contributed by atoms with van der Waals surface area (Å²) < 4.78 is 0. The van der Waals surface area contributed by atoms with E-state index in [2.05, 4.69) is 29.4 Å². The first-order chi connectivity index (χ1) is 9.58. The van der Waals surface area contributed by atoms with Crippen molar-refractivity contribution in [1.29, 1.82) is 0 Å². The second kappa shape index (κ2) is 6.53. The number of hydrogen-bond donors (Lipinski definition) is 1. The summed E-state index contributed by atoms with van der Waals surface area (Å²) >= 11 is 1.40. The predicted octanol–water partition coefficient (Wildman–Crippen LogP) is 2.65. The van der Waals surface area contributed by atoms with E-state index in [1.165, 1.54) is 17.4 Å². The summed E-state index contributed by atoms with van der Waals surface area (Å²) in [6.45, 7) is 4.99. The molecule has 0 fully saturated rings. The van der Waals surface area contributed by atoms with Crippen LogP contribution in [0.2, 0.25) is 0 Å². The van der Waals surface area contributed by atoms with Crippen molar-refractivity contribution < 1.29 is 4.92 Å². The molecule has 1 aromatic heterocycles. The number of aromatic nitrogens is 2. The van der Waals surface area contributed by atoms with Gasteiger partial charge in [-0.2, -0.15) is 0 Å². The van der Waals surface area contributed by atoms with Crippen molar-refractivity contribution >= 4 is 17.0 Å². The van der Waals surface area contributed by atoms with Crippen LogP contribution in [0.4, 0.5) is 5.69 Å². The lowest BCUT2D eigenvalue weighted by Crippen LogP contribution is -2.24. The zero-order valence-electron chi connectivity index (χ0n) is 11.4. The molecule has 0 saturated heterocycles. The van der Waals surface area contributed by atoms with Crippen molar-refractivity contribution in [2.45, 2.75) is 26.3 Å². The van der Waals surface area contributed by atoms with Crippen LogP contribution >= 0.6 is 11.3 Å². The second-order valence-electron chi connectivity index (χ2n) is 4.63. The first kappa shape index (κ1) is 14.5. The van der Waals surface area contributed by atoms with Crippen molar-refractivity contribution in [3.05, 3.63) is 39.4 Å². The molecule has 1 heterocycles. The third-order valence-electron chi connectivity index (χ3n) is 2.69. The fourth-order valence-electron chi connectivity index (χ4n) is 1.74. The molecule has 2 aromatic rings. The molecule has 0 spiro atoms. The Hall–Kier alpha value is -1.86. The number of hydrogen-bond acceptors (Lipinski definition) is 6. The van der Waals surface area contributed by atoms with Gasteiger partial charge in [-0.05, 0) is 6.07 Å². The molecule has 0 amide bonds. The molecule has 0 aliphatic carbocycles. The first-order valence-electron chi connectivity index (χ1n) is 6.37. The Bertz CT molecular complexity index is 598. The number of nitro groups is 1. The van der Waals surface area contributed by atoms with Gasteiger partial charge in [0.1, 0.15) is 5.01 Å². The third-order valence-corrected chi connectivity index (χ3v) is 3.71. The Balaban J connectivity index is 2.15. The molecule has 0 bridgehead atoms. The van der Waals surface area contributed by atoms with Crippen molar-refractivity contribution in [2.75, 3.05) is 6.54 Å². The largest absolute Gasteiger partial charge is 0.314 e. The van der Waals surface area contributed by atoms with Crippen LogP contribution in [0.25, 0.3) is 10.6 Å². The molecular weight excluding hydrogens is 276 g/mol. The summed E-state index contributed by atoms with van der Waals surface area (Å²) in [5.41, 5.74) is 0.591. The summed E-state index contributed by atoms with van der Waals surface area (Å²) in [4.78, 5) is 10.6. The zero-order chi connectivity index (χ0) is 14.5. The standard InChI is InChI=1S/C13H16N4O2S/c1-9(2)14-8-7-12-15-16-13(20-12)10-5-3-4-6-11(10)17(18)19/h3-6,9,14H,7-8H2,1-2H3. The number of benzene rings is 1. The molecule has 106 valence electrons. The topological polar surface area (TPSA) is 81.0 Å². The minimum absolute atomic E-state index is 0.0653. The molecule has 1 N–H and O–H groups in total. The smallest absolute Gasteiger partial charge is 0.279 e. The van der Waals surface area contributed by atoms with E-state index in [1.807, 2.05) is 0 Å². The molecule has 7 heteroatoms. The molecule has 0 aliphatic heterocycles. The molecule has 2 rings (SSSR count). The van der Waals surface area contributed by atoms with E-state index in [9.17, 15) is 10.1 Å². The first-order valence-corrected chi connectivity index (χ1v) is 7.19. The summed E-state index contributed by atoms with van der Waals surface area (Å²) in [7, 11) is 0. The van der Waals surface area contributed by atoms with Crippen LogP contribution in [0.1, 0.15) is 18.9 Å². The van der Waals surface area contributed by atoms with E-state index < -0.39 is 4.92 Å². The lowest BCUT2D eigenvalue weighted by atomic mass is 10.2. The van der Waals surface area contributed by atoms with Crippen LogP contribution in [0, 0.1) is 10.1 Å². The molecule has 0 saturated carbocycles. The number of nitro benzene ring substituents is 1. The van der Waals surface area contributed by atoms with Gasteiger partial charge in [0.2, 0.25) is 0 Å². The maximum Gasteiger partial charge on any atom is 0.279 e. The summed E-state index contributed by atoms with van der Waals surface area (Å²) in [6.07, 6.45) is 0.774. The highest BCUT2D eigenvalue weighted by Crippen LogP contribution is 2.31. The van der Waals surface area contributed by atoms with Crippen molar-refractivity contribution in [1.82, 2.24) is 15.5 Å². The van der Waals surface area contributed by atoms with Gasteiger partial charge in [-0.3, -0.25) is 10.1 Å². The van der Waals surface area contributed by atoms with Gasteiger partial charge in [0.25, 0.3) is 5.69 Å². The Morgan fingerprint density at radius 3 is 2.80 bits per heavy atom. The normalized spacial score (nSPS) is 10.9. The molecular formula is C13H16N4O2S. The van der Waals surface area contributed by atoms with Crippen LogP contribution in [0.5, 0.6) is 0 Å². The van der Waals surface area contributed by atoms with Gasteiger partial charge in [-0.15, -0.1) is 10.2 Å². The van der Waals surface area contributed by atoms with Crippen LogP contribution in [0.3, 0.4) is 0 Å². The average molecular weight is 292 g/mol. The summed E-state index contributed by atoms with van der Waals surface area (Å²) in [5, 5.41) is 23.9. The van der Waals surface area contributed by atoms with Gasteiger partial charge in [0, 0.05) is 25.1 Å². The summed E-state index contributed by atoms with van der Waals surface area (Å²) in [6, 6.07) is 7.03. The minimum Gasteiger partial charge on any atom is -0.314 e. The Morgan fingerprint density at radius 2 is 2.10 bits per heavy atom. The zero-order valence-corrected chi connectivity index (χ0v) is 12.2. The highest BCUT2D eigenvalue weighted by Gasteiger charge is 2.17. The van der Waals surface area contributed by atoms with E-state index >= 15 is 0 Å². The quantitative estimate of drug-likeness (QED) is 0.654. The van der Waals surface area contributed by atoms with E-state index in [0.717, 1.165) is 18.0 Å². The number of para-hydroxylation sites is 1. The fraction of sp³-hybridized carbons (Fsp3) is 0.385. The van der Waals surface area contributed by atoms with Gasteiger partial charge in [-0.1, -0.05) is 37.3 Å². The van der Waals surface area contributed by atoms with Gasteiger partial charge in [0.15, 0.2) is 5.01 Å². The number of nitrogens with zero attached hydrogens (tertiary/aromatic N) is 3. The number of rotatable bonds is 6. The monoisotopic (exact) mass is 292 g/mol. The average Bonchev–Trinajstić information content (AvgIpc) is 2.87. The Labute approximate surface area is 121 Å². The molecule has 0 radical (unpaired) electrons. The Kier molecular flexibility index (Phi) is 4.75. The van der Waals surface area contributed by atoms with Gasteiger partial charge in [-0.25, -0.2) is 0 Å². The van der Waals surface area contributed by atoms with E-state index in [1.54, 1.807) is 18.2 Å². The van der Waals surface area contributed by atoms with Gasteiger partial charge >= 0.3 is 0 Å². The van der Waals surface area contributed by atoms with E-state index in [-0.39, 0.29) is 5.69 Å².